The second-order valence-electron chi connectivity index (χ2n) is 26.0. The summed E-state index contributed by atoms with van der Waals surface area (Å²) in [7, 11) is 0. The first-order valence-electron chi connectivity index (χ1n) is 38.0. The molecule has 0 aromatic rings. The van der Waals surface area contributed by atoms with E-state index in [4.69, 9.17) is 14.2 Å². The standard InChI is InChI=1S/C80H141NO10/c1-4-7-10-13-16-19-22-25-27-29-31-33-35-37-39-41-43-45-47-50-53-56-59-62-65-68-75(85)91-78-77(87)76(86)74(69-82)90-80(78)89-70-71(72(83)66-63-60-57-54-51-48-24-21-18-15-12-9-6-3)81-79(88)73(84)67-64-61-58-55-52-49-46-44-42-40-38-36-34-32-30-28-26-23-20-17-14-11-8-5-2/h8,11,16-17,19-20,25-28,32,34,38,40,63,66,71-74,76-78,80,82-84,86-87H,4-7,9-10,12-15,18,21-24,29-31,33,35-37,39,41-62,64-65,67-70H2,1-3H3,(H,81,88)/b11-8-,19-16-,20-17-,27-25-,28-26-,34-32-,40-38-,66-63+. The first-order valence-corrected chi connectivity index (χ1v) is 38.0. The number of aliphatic hydroxyl groups excluding tert-OH is 5. The van der Waals surface area contributed by atoms with E-state index in [-0.39, 0.29) is 19.4 Å². The van der Waals surface area contributed by atoms with Gasteiger partial charge >= 0.3 is 5.97 Å². The summed E-state index contributed by atoms with van der Waals surface area (Å²) in [6.45, 7) is 5.69. The average Bonchev–Trinajstić information content (AvgIpc) is 1.00. The number of allylic oxidation sites excluding steroid dienone is 15. The number of aliphatic hydroxyl groups is 5. The van der Waals surface area contributed by atoms with Crippen molar-refractivity contribution in [1.29, 1.82) is 0 Å². The Bertz CT molecular complexity index is 1860. The largest absolute Gasteiger partial charge is 0.454 e. The van der Waals surface area contributed by atoms with E-state index < -0.39 is 67.4 Å². The van der Waals surface area contributed by atoms with Crippen molar-refractivity contribution >= 4 is 11.9 Å². The molecule has 11 heteroatoms. The summed E-state index contributed by atoms with van der Waals surface area (Å²) in [4.78, 5) is 26.8. The second kappa shape index (κ2) is 66.6. The van der Waals surface area contributed by atoms with Crippen molar-refractivity contribution in [1.82, 2.24) is 5.32 Å². The molecule has 0 spiro atoms. The lowest BCUT2D eigenvalue weighted by Gasteiger charge is -2.41. The summed E-state index contributed by atoms with van der Waals surface area (Å²) in [5.41, 5.74) is 0. The lowest BCUT2D eigenvalue weighted by atomic mass is 9.99. The van der Waals surface area contributed by atoms with Gasteiger partial charge in [-0.3, -0.25) is 9.59 Å². The summed E-state index contributed by atoms with van der Waals surface area (Å²) in [5, 5.41) is 57.4. The van der Waals surface area contributed by atoms with Crippen molar-refractivity contribution in [3.05, 3.63) is 97.2 Å². The van der Waals surface area contributed by atoms with E-state index in [1.165, 1.54) is 186 Å². The van der Waals surface area contributed by atoms with E-state index >= 15 is 0 Å². The second-order valence-corrected chi connectivity index (χ2v) is 26.0. The molecule has 1 heterocycles. The third-order valence-electron chi connectivity index (χ3n) is 17.5. The minimum absolute atomic E-state index is 0.121. The molecule has 1 fully saturated rings. The Morgan fingerprint density at radius 3 is 1.21 bits per heavy atom. The molecular formula is C80H141NO10. The van der Waals surface area contributed by atoms with Gasteiger partial charge < -0.3 is 45.1 Å². The van der Waals surface area contributed by atoms with Crippen LogP contribution in [0.4, 0.5) is 0 Å². The fraction of sp³-hybridized carbons (Fsp3) is 0.775. The Morgan fingerprint density at radius 2 is 0.791 bits per heavy atom. The van der Waals surface area contributed by atoms with Gasteiger partial charge in [0, 0.05) is 6.42 Å². The van der Waals surface area contributed by atoms with E-state index in [0.717, 1.165) is 103 Å². The first kappa shape index (κ1) is 85.6. The molecule has 91 heavy (non-hydrogen) atoms. The van der Waals surface area contributed by atoms with Gasteiger partial charge in [-0.2, -0.15) is 0 Å². The minimum Gasteiger partial charge on any atom is -0.454 e. The predicted octanol–water partition coefficient (Wildman–Crippen LogP) is 20.2. The fourth-order valence-corrected chi connectivity index (χ4v) is 11.5. The summed E-state index contributed by atoms with van der Waals surface area (Å²) in [5.74, 6) is -1.19. The molecule has 0 aliphatic carbocycles. The minimum atomic E-state index is -1.62. The maximum Gasteiger partial charge on any atom is 0.306 e. The fourth-order valence-electron chi connectivity index (χ4n) is 11.5. The van der Waals surface area contributed by atoms with E-state index in [2.05, 4.69) is 111 Å². The molecule has 8 unspecified atom stereocenters. The molecule has 8 atom stereocenters. The summed E-state index contributed by atoms with van der Waals surface area (Å²) >= 11 is 0. The lowest BCUT2D eigenvalue weighted by Crippen LogP contribution is -2.61. The number of ether oxygens (including phenoxy) is 3. The highest BCUT2D eigenvalue weighted by molar-refractivity contribution is 5.80. The molecule has 1 saturated heterocycles. The van der Waals surface area contributed by atoms with Gasteiger partial charge in [-0.1, -0.05) is 323 Å². The highest BCUT2D eigenvalue weighted by atomic mass is 16.7. The van der Waals surface area contributed by atoms with Crippen LogP contribution in [0.15, 0.2) is 97.2 Å². The average molecular weight is 1280 g/mol. The Hall–Kier alpha value is -3.42. The highest BCUT2D eigenvalue weighted by Gasteiger charge is 2.47. The topological polar surface area (TPSA) is 175 Å². The number of rotatable bonds is 65. The van der Waals surface area contributed by atoms with Crippen LogP contribution in [0, 0.1) is 0 Å². The van der Waals surface area contributed by atoms with Gasteiger partial charge in [0.05, 0.1) is 25.4 Å². The van der Waals surface area contributed by atoms with Gasteiger partial charge in [0.1, 0.15) is 24.4 Å². The summed E-state index contributed by atoms with van der Waals surface area (Å²) < 4.78 is 17.7. The highest BCUT2D eigenvalue weighted by Crippen LogP contribution is 2.26. The maximum absolute atomic E-state index is 13.5. The van der Waals surface area contributed by atoms with Crippen LogP contribution in [0.3, 0.4) is 0 Å². The maximum atomic E-state index is 13.5. The summed E-state index contributed by atoms with van der Waals surface area (Å²) in [6.07, 6.45) is 80.1. The molecule has 526 valence electrons. The monoisotopic (exact) mass is 1280 g/mol. The molecule has 0 bridgehead atoms. The molecule has 11 nitrogen and oxygen atoms in total. The van der Waals surface area contributed by atoms with Crippen molar-refractivity contribution < 1.29 is 49.3 Å². The van der Waals surface area contributed by atoms with Gasteiger partial charge in [0.25, 0.3) is 0 Å². The number of carbonyl (C=O) groups is 2. The van der Waals surface area contributed by atoms with Crippen LogP contribution in [-0.2, 0) is 23.8 Å². The molecule has 0 radical (unpaired) electrons. The first-order chi connectivity index (χ1) is 44.7. The zero-order valence-electron chi connectivity index (χ0n) is 58.7. The van der Waals surface area contributed by atoms with Crippen molar-refractivity contribution in [2.24, 2.45) is 0 Å². The third-order valence-corrected chi connectivity index (χ3v) is 17.5. The number of carbonyl (C=O) groups excluding carboxylic acids is 2. The number of hydrogen-bond acceptors (Lipinski definition) is 10. The van der Waals surface area contributed by atoms with Gasteiger partial charge in [-0.15, -0.1) is 0 Å². The molecule has 1 aliphatic heterocycles. The SMILES string of the molecule is CC/C=C\C/C=C\C/C=C\C/C=C\C/C=C\CCCCCCCCCCC(O)C(=O)NC(COC1OC(CO)C(O)C(O)C1OC(=O)CCCCCCCCCCCCCCCCC/C=C\C/C=C\CCCCC)C(O)/C=C/CCCCCCCCCCCCC. The molecule has 0 aromatic carbocycles. The molecule has 0 saturated carbocycles. The van der Waals surface area contributed by atoms with E-state index in [9.17, 15) is 35.1 Å². The van der Waals surface area contributed by atoms with Crippen LogP contribution in [0.1, 0.15) is 335 Å². The van der Waals surface area contributed by atoms with Gasteiger partial charge in [0.2, 0.25) is 5.91 Å². The number of hydrogen-bond donors (Lipinski definition) is 6. The molecular weight excluding hydrogens is 1130 g/mol. The Balaban J connectivity index is 2.55. The molecule has 6 N–H and O–H groups in total. The van der Waals surface area contributed by atoms with Crippen molar-refractivity contribution in [3.8, 4) is 0 Å². The van der Waals surface area contributed by atoms with Crippen LogP contribution in [-0.4, -0.2) is 99.6 Å². The molecule has 1 rings (SSSR count). The number of unbranched alkanes of at least 4 members (excludes halogenated alkanes) is 37. The summed E-state index contributed by atoms with van der Waals surface area (Å²) in [6, 6.07) is -1.03. The smallest absolute Gasteiger partial charge is 0.306 e. The zero-order chi connectivity index (χ0) is 66.0. The van der Waals surface area contributed by atoms with Gasteiger partial charge in [-0.05, 0) is 103 Å². The van der Waals surface area contributed by atoms with Crippen LogP contribution >= 0.6 is 0 Å². The van der Waals surface area contributed by atoms with Crippen molar-refractivity contribution in [3.63, 3.8) is 0 Å². The van der Waals surface area contributed by atoms with Gasteiger partial charge in [-0.25, -0.2) is 0 Å². The number of amides is 1. The van der Waals surface area contributed by atoms with E-state index in [1.54, 1.807) is 6.08 Å². The van der Waals surface area contributed by atoms with Crippen molar-refractivity contribution in [2.75, 3.05) is 13.2 Å². The van der Waals surface area contributed by atoms with Crippen LogP contribution in [0.2, 0.25) is 0 Å². The zero-order valence-corrected chi connectivity index (χ0v) is 58.7. The van der Waals surface area contributed by atoms with Crippen LogP contribution in [0.5, 0.6) is 0 Å². The van der Waals surface area contributed by atoms with E-state index in [0.29, 0.717) is 12.8 Å². The van der Waals surface area contributed by atoms with Crippen molar-refractivity contribution in [2.45, 2.75) is 384 Å². The Morgan fingerprint density at radius 1 is 0.440 bits per heavy atom. The lowest BCUT2D eigenvalue weighted by molar-refractivity contribution is -0.305. The van der Waals surface area contributed by atoms with E-state index in [1.807, 2.05) is 6.08 Å². The van der Waals surface area contributed by atoms with Crippen LogP contribution in [0.25, 0.3) is 0 Å². The number of nitrogens with one attached hydrogen (secondary N) is 1. The van der Waals surface area contributed by atoms with Crippen LogP contribution < -0.4 is 5.32 Å². The molecule has 1 amide bonds. The van der Waals surface area contributed by atoms with Gasteiger partial charge in [0.15, 0.2) is 12.4 Å². The number of esters is 1. The normalized spacial score (nSPS) is 18.5. The Kier molecular flexibility index (Phi) is 62.6. The molecule has 0 aromatic heterocycles. The molecule has 1 aliphatic rings. The Labute approximate surface area is 558 Å². The third kappa shape index (κ3) is 53.5. The predicted molar refractivity (Wildman–Crippen MR) is 384 cm³/mol. The quantitative estimate of drug-likeness (QED) is 0.0195.